The lowest BCUT2D eigenvalue weighted by Crippen LogP contribution is -2.51. The molecule has 0 N–H and O–H groups in total. The Balaban J connectivity index is 1.61. The fraction of sp³-hybridized carbons (Fsp3) is 0.263. The van der Waals surface area contributed by atoms with E-state index >= 15 is 0 Å². The number of hydrogen-bond donors (Lipinski definition) is 0. The Kier molecular flexibility index (Phi) is 5.25. The zero-order valence-corrected chi connectivity index (χ0v) is 13.9. The molecule has 1 aliphatic heterocycles. The molecular weight excluding hydrogens is 345 g/mol. The van der Waals surface area contributed by atoms with Crippen LogP contribution in [0.15, 0.2) is 42.5 Å². The molecule has 0 aliphatic carbocycles. The summed E-state index contributed by atoms with van der Waals surface area (Å²) in [5.74, 6) is -2.95. The van der Waals surface area contributed by atoms with Crippen LogP contribution >= 0.6 is 0 Å². The van der Waals surface area contributed by atoms with Crippen molar-refractivity contribution in [2.45, 2.75) is 6.42 Å². The molecule has 3 rings (SSSR count). The van der Waals surface area contributed by atoms with Crippen molar-refractivity contribution in [1.82, 2.24) is 9.80 Å². The molecule has 0 bridgehead atoms. The molecule has 1 saturated heterocycles. The first-order valence-electron chi connectivity index (χ1n) is 8.22. The second kappa shape index (κ2) is 7.59. The van der Waals surface area contributed by atoms with E-state index in [1.807, 2.05) is 0 Å². The standard InChI is InChI=1S/C19H17F3N2O2/c20-15-5-2-1-4-13(15)19(26)24-10-8-23(9-11-24)18(25)12-14-16(21)6-3-7-17(14)22/h1-7H,8-12H2. The number of carbonyl (C=O) groups excluding carboxylic acids is 2. The highest BCUT2D eigenvalue weighted by molar-refractivity contribution is 5.94. The van der Waals surface area contributed by atoms with Gasteiger partial charge in [0.2, 0.25) is 5.91 Å². The second-order valence-electron chi connectivity index (χ2n) is 6.03. The zero-order valence-electron chi connectivity index (χ0n) is 13.9. The third-order valence-electron chi connectivity index (χ3n) is 4.41. The summed E-state index contributed by atoms with van der Waals surface area (Å²) in [4.78, 5) is 27.6. The van der Waals surface area contributed by atoms with Crippen LogP contribution in [0.3, 0.4) is 0 Å². The summed E-state index contributed by atoms with van der Waals surface area (Å²) in [6.07, 6.45) is -0.375. The highest BCUT2D eigenvalue weighted by Crippen LogP contribution is 2.16. The van der Waals surface area contributed by atoms with Gasteiger partial charge in [0, 0.05) is 31.7 Å². The van der Waals surface area contributed by atoms with Crippen LogP contribution < -0.4 is 0 Å². The summed E-state index contributed by atoms with van der Waals surface area (Å²) >= 11 is 0. The Bertz CT molecular complexity index is 813. The van der Waals surface area contributed by atoms with Gasteiger partial charge in [-0.1, -0.05) is 18.2 Å². The van der Waals surface area contributed by atoms with Gasteiger partial charge in [-0.05, 0) is 24.3 Å². The van der Waals surface area contributed by atoms with Crippen LogP contribution in [0, 0.1) is 17.5 Å². The van der Waals surface area contributed by atoms with Crippen molar-refractivity contribution >= 4 is 11.8 Å². The highest BCUT2D eigenvalue weighted by Gasteiger charge is 2.27. The summed E-state index contributed by atoms with van der Waals surface area (Å²) in [7, 11) is 0. The summed E-state index contributed by atoms with van der Waals surface area (Å²) in [6.45, 7) is 0.932. The molecule has 1 aliphatic rings. The number of amides is 2. The van der Waals surface area contributed by atoms with E-state index in [9.17, 15) is 22.8 Å². The Hall–Kier alpha value is -2.83. The molecule has 1 heterocycles. The predicted octanol–water partition coefficient (Wildman–Crippen LogP) is 2.63. The van der Waals surface area contributed by atoms with E-state index < -0.39 is 29.3 Å². The third-order valence-corrected chi connectivity index (χ3v) is 4.41. The molecule has 4 nitrogen and oxygen atoms in total. The zero-order chi connectivity index (χ0) is 18.7. The SMILES string of the molecule is O=C(Cc1c(F)cccc1F)N1CCN(C(=O)c2ccccc2F)CC1. The first-order chi connectivity index (χ1) is 12.5. The van der Waals surface area contributed by atoms with E-state index in [0.29, 0.717) is 0 Å². The van der Waals surface area contributed by atoms with Gasteiger partial charge in [-0.2, -0.15) is 0 Å². The van der Waals surface area contributed by atoms with Crippen LogP contribution in [-0.4, -0.2) is 47.8 Å². The first kappa shape index (κ1) is 18.0. The maximum Gasteiger partial charge on any atom is 0.256 e. The molecule has 0 spiro atoms. The van der Waals surface area contributed by atoms with Crippen molar-refractivity contribution in [2.24, 2.45) is 0 Å². The number of rotatable bonds is 3. The molecule has 0 saturated carbocycles. The van der Waals surface area contributed by atoms with E-state index in [-0.39, 0.29) is 43.7 Å². The summed E-state index contributed by atoms with van der Waals surface area (Å²) in [5, 5.41) is 0. The van der Waals surface area contributed by atoms with Crippen molar-refractivity contribution < 1.29 is 22.8 Å². The van der Waals surface area contributed by atoms with Crippen LogP contribution in [0.2, 0.25) is 0 Å². The van der Waals surface area contributed by atoms with Crippen molar-refractivity contribution in [3.8, 4) is 0 Å². The molecule has 2 amide bonds. The summed E-state index contributed by atoms with van der Waals surface area (Å²) in [5.41, 5.74) is -0.275. The monoisotopic (exact) mass is 362 g/mol. The number of carbonyl (C=O) groups is 2. The van der Waals surface area contributed by atoms with Crippen molar-refractivity contribution in [1.29, 1.82) is 0 Å². The number of halogens is 3. The maximum atomic E-state index is 13.7. The minimum Gasteiger partial charge on any atom is -0.339 e. The fourth-order valence-corrected chi connectivity index (χ4v) is 2.93. The first-order valence-corrected chi connectivity index (χ1v) is 8.22. The fourth-order valence-electron chi connectivity index (χ4n) is 2.93. The van der Waals surface area contributed by atoms with Gasteiger partial charge in [0.1, 0.15) is 17.5 Å². The Morgan fingerprint density at radius 1 is 0.769 bits per heavy atom. The van der Waals surface area contributed by atoms with Gasteiger partial charge in [-0.25, -0.2) is 13.2 Å². The summed E-state index contributed by atoms with van der Waals surface area (Å²) in [6, 6.07) is 9.18. The van der Waals surface area contributed by atoms with Gasteiger partial charge in [0.15, 0.2) is 0 Å². The molecule has 0 aromatic heterocycles. The largest absolute Gasteiger partial charge is 0.339 e. The normalized spacial score (nSPS) is 14.4. The molecule has 136 valence electrons. The lowest BCUT2D eigenvalue weighted by molar-refractivity contribution is -0.132. The van der Waals surface area contributed by atoms with E-state index in [4.69, 9.17) is 0 Å². The van der Waals surface area contributed by atoms with Crippen LogP contribution in [0.1, 0.15) is 15.9 Å². The molecule has 0 radical (unpaired) electrons. The van der Waals surface area contributed by atoms with Gasteiger partial charge in [0.05, 0.1) is 12.0 Å². The maximum absolute atomic E-state index is 13.7. The second-order valence-corrected chi connectivity index (χ2v) is 6.03. The van der Waals surface area contributed by atoms with Crippen molar-refractivity contribution in [2.75, 3.05) is 26.2 Å². The number of piperazine rings is 1. The van der Waals surface area contributed by atoms with Gasteiger partial charge in [0.25, 0.3) is 5.91 Å². The summed E-state index contributed by atoms with van der Waals surface area (Å²) < 4.78 is 41.1. The van der Waals surface area contributed by atoms with E-state index in [1.165, 1.54) is 34.1 Å². The molecule has 7 heteroatoms. The minimum absolute atomic E-state index is 0.0132. The molecule has 0 unspecified atom stereocenters. The molecule has 1 fully saturated rings. The smallest absolute Gasteiger partial charge is 0.256 e. The highest BCUT2D eigenvalue weighted by atomic mass is 19.1. The van der Waals surface area contributed by atoms with Gasteiger partial charge in [-0.3, -0.25) is 9.59 Å². The Morgan fingerprint density at radius 3 is 1.92 bits per heavy atom. The van der Waals surface area contributed by atoms with Crippen molar-refractivity contribution in [3.63, 3.8) is 0 Å². The minimum atomic E-state index is -0.758. The molecule has 2 aromatic rings. The Labute approximate surface area is 148 Å². The van der Waals surface area contributed by atoms with Crippen molar-refractivity contribution in [3.05, 3.63) is 71.0 Å². The van der Waals surface area contributed by atoms with E-state index in [2.05, 4.69) is 0 Å². The predicted molar refractivity (Wildman–Crippen MR) is 88.9 cm³/mol. The van der Waals surface area contributed by atoms with Crippen LogP contribution in [0.25, 0.3) is 0 Å². The number of benzene rings is 2. The lowest BCUT2D eigenvalue weighted by atomic mass is 10.1. The van der Waals surface area contributed by atoms with Crippen LogP contribution in [0.5, 0.6) is 0 Å². The van der Waals surface area contributed by atoms with Gasteiger partial charge < -0.3 is 9.80 Å². The number of hydrogen-bond acceptors (Lipinski definition) is 2. The molecule has 0 atom stereocenters. The molecular formula is C19H17F3N2O2. The number of nitrogens with zero attached hydrogens (tertiary/aromatic N) is 2. The average Bonchev–Trinajstić information content (AvgIpc) is 2.65. The quantitative estimate of drug-likeness (QED) is 0.842. The average molecular weight is 362 g/mol. The van der Waals surface area contributed by atoms with Gasteiger partial charge >= 0.3 is 0 Å². The lowest BCUT2D eigenvalue weighted by Gasteiger charge is -2.35. The van der Waals surface area contributed by atoms with Crippen LogP contribution in [0.4, 0.5) is 13.2 Å². The van der Waals surface area contributed by atoms with E-state index in [1.54, 1.807) is 6.07 Å². The topological polar surface area (TPSA) is 40.6 Å². The Morgan fingerprint density at radius 2 is 1.31 bits per heavy atom. The molecule has 26 heavy (non-hydrogen) atoms. The van der Waals surface area contributed by atoms with Crippen LogP contribution in [-0.2, 0) is 11.2 Å². The molecule has 2 aromatic carbocycles. The third kappa shape index (κ3) is 3.71. The van der Waals surface area contributed by atoms with E-state index in [0.717, 1.165) is 12.1 Å². The van der Waals surface area contributed by atoms with Gasteiger partial charge in [-0.15, -0.1) is 0 Å².